The van der Waals surface area contributed by atoms with Crippen LogP contribution in [0.25, 0.3) is 0 Å². The summed E-state index contributed by atoms with van der Waals surface area (Å²) in [6.45, 7) is 6.20. The third-order valence-electron chi connectivity index (χ3n) is 3.09. The number of ketones is 2. The van der Waals surface area contributed by atoms with Gasteiger partial charge in [-0.15, -0.1) is 0 Å². The van der Waals surface area contributed by atoms with Crippen molar-refractivity contribution < 1.29 is 14.3 Å². The molecule has 0 aromatic heterocycles. The van der Waals surface area contributed by atoms with Crippen LogP contribution in [0.3, 0.4) is 0 Å². The van der Waals surface area contributed by atoms with Crippen LogP contribution in [-0.4, -0.2) is 18.7 Å². The average Bonchev–Trinajstić information content (AvgIpc) is 2.38. The van der Waals surface area contributed by atoms with Gasteiger partial charge in [-0.3, -0.25) is 9.59 Å². The molecule has 0 aromatic carbocycles. The molecule has 0 aromatic rings. The van der Waals surface area contributed by atoms with Crippen molar-refractivity contribution >= 4 is 11.6 Å². The zero-order chi connectivity index (χ0) is 15.1. The fraction of sp³-hybridized carbons (Fsp3) is 0.412. The number of Topliss-reactive ketones (excluding diaryl/α,β-unsaturated/α-hetero) is 1. The molecule has 0 radical (unpaired) electrons. The fourth-order valence-corrected chi connectivity index (χ4v) is 1.91. The van der Waals surface area contributed by atoms with Gasteiger partial charge in [-0.1, -0.05) is 23.3 Å². The summed E-state index contributed by atoms with van der Waals surface area (Å²) in [7, 11) is 1.40. The molecule has 3 nitrogen and oxygen atoms in total. The molecule has 3 heteroatoms. The van der Waals surface area contributed by atoms with Crippen molar-refractivity contribution in [1.29, 1.82) is 0 Å². The van der Waals surface area contributed by atoms with Gasteiger partial charge in [0.1, 0.15) is 0 Å². The minimum atomic E-state index is -0.194. The van der Waals surface area contributed by atoms with Crippen LogP contribution in [0.5, 0.6) is 0 Å². The van der Waals surface area contributed by atoms with Gasteiger partial charge in [-0.25, -0.2) is 0 Å². The van der Waals surface area contributed by atoms with Crippen LogP contribution in [0.1, 0.15) is 40.0 Å². The molecule has 0 spiro atoms. The van der Waals surface area contributed by atoms with E-state index < -0.39 is 0 Å². The fourth-order valence-electron chi connectivity index (χ4n) is 1.91. The van der Waals surface area contributed by atoms with E-state index in [1.807, 2.05) is 13.0 Å². The number of allylic oxidation sites excluding steroid dienone is 7. The molecule has 1 aliphatic carbocycles. The van der Waals surface area contributed by atoms with Gasteiger partial charge in [0.2, 0.25) is 5.78 Å². The molecule has 0 amide bonds. The van der Waals surface area contributed by atoms with Crippen molar-refractivity contribution in [2.24, 2.45) is 0 Å². The molecule has 0 heterocycles. The Bertz CT molecular complexity index is 512. The first-order valence-electron chi connectivity index (χ1n) is 6.78. The van der Waals surface area contributed by atoms with Gasteiger partial charge < -0.3 is 4.74 Å². The molecular formula is C17H22O3. The van der Waals surface area contributed by atoms with Crippen molar-refractivity contribution in [2.45, 2.75) is 40.0 Å². The largest absolute Gasteiger partial charge is 0.493 e. The molecule has 0 N–H and O–H groups in total. The summed E-state index contributed by atoms with van der Waals surface area (Å²) in [4.78, 5) is 23.4. The second-order valence-corrected chi connectivity index (χ2v) is 5.19. The van der Waals surface area contributed by atoms with E-state index in [9.17, 15) is 9.59 Å². The van der Waals surface area contributed by atoms with Crippen LogP contribution < -0.4 is 0 Å². The Balaban J connectivity index is 2.62. The van der Waals surface area contributed by atoms with E-state index in [4.69, 9.17) is 4.74 Å². The average molecular weight is 274 g/mol. The predicted octanol–water partition coefficient (Wildman–Crippen LogP) is 3.68. The van der Waals surface area contributed by atoms with E-state index in [-0.39, 0.29) is 17.3 Å². The van der Waals surface area contributed by atoms with E-state index in [0.717, 1.165) is 12.8 Å². The summed E-state index contributed by atoms with van der Waals surface area (Å²) in [6, 6.07) is 0. The normalized spacial score (nSPS) is 15.7. The summed E-state index contributed by atoms with van der Waals surface area (Å²) in [5.41, 5.74) is 3.02. The van der Waals surface area contributed by atoms with Gasteiger partial charge in [0.15, 0.2) is 11.5 Å². The molecule has 0 saturated carbocycles. The lowest BCUT2D eigenvalue weighted by atomic mass is 9.97. The number of rotatable bonds is 6. The maximum absolute atomic E-state index is 12.0. The van der Waals surface area contributed by atoms with Crippen molar-refractivity contribution in [2.75, 3.05) is 7.11 Å². The topological polar surface area (TPSA) is 43.4 Å². The summed E-state index contributed by atoms with van der Waals surface area (Å²) in [6.07, 6.45) is 9.27. The lowest BCUT2D eigenvalue weighted by molar-refractivity contribution is -0.117. The second kappa shape index (κ2) is 7.63. The van der Waals surface area contributed by atoms with Crippen molar-refractivity contribution in [3.8, 4) is 0 Å². The number of ether oxygens (including phenoxy) is 1. The molecular weight excluding hydrogens is 252 g/mol. The molecule has 0 unspecified atom stereocenters. The minimum Gasteiger partial charge on any atom is -0.493 e. The van der Waals surface area contributed by atoms with Crippen molar-refractivity contribution in [3.63, 3.8) is 0 Å². The number of hydrogen-bond acceptors (Lipinski definition) is 3. The molecule has 0 saturated heterocycles. The van der Waals surface area contributed by atoms with Crippen molar-refractivity contribution in [1.82, 2.24) is 0 Å². The zero-order valence-corrected chi connectivity index (χ0v) is 12.7. The third kappa shape index (κ3) is 5.00. The molecule has 1 aliphatic rings. The zero-order valence-electron chi connectivity index (χ0n) is 12.7. The van der Waals surface area contributed by atoms with Crippen LogP contribution in [-0.2, 0) is 14.3 Å². The highest BCUT2D eigenvalue weighted by Crippen LogP contribution is 2.18. The molecule has 0 aliphatic heterocycles. The Morgan fingerprint density at radius 3 is 2.45 bits per heavy atom. The van der Waals surface area contributed by atoms with Gasteiger partial charge in [-0.2, -0.15) is 0 Å². The first kappa shape index (κ1) is 16.2. The highest BCUT2D eigenvalue weighted by Gasteiger charge is 2.21. The standard InChI is InChI=1S/C17H22O3/c1-12(2)6-5-7-13(3)8-9-14-10-15(18)11-16(20-4)17(14)19/h6,8,10-11H,5,7,9H2,1-4H3/b13-8+. The highest BCUT2D eigenvalue weighted by molar-refractivity contribution is 6.19. The van der Waals surface area contributed by atoms with Crippen molar-refractivity contribution in [3.05, 3.63) is 46.8 Å². The van der Waals surface area contributed by atoms with E-state index >= 15 is 0 Å². The van der Waals surface area contributed by atoms with Gasteiger partial charge in [0.05, 0.1) is 7.11 Å². The number of carbonyl (C=O) groups is 2. The van der Waals surface area contributed by atoms with E-state index in [0.29, 0.717) is 12.0 Å². The Morgan fingerprint density at radius 1 is 1.15 bits per heavy atom. The van der Waals surface area contributed by atoms with E-state index in [2.05, 4.69) is 19.9 Å². The van der Waals surface area contributed by atoms with Gasteiger partial charge >= 0.3 is 0 Å². The Labute approximate surface area is 120 Å². The Kier molecular flexibility index (Phi) is 6.16. The van der Waals surface area contributed by atoms with Gasteiger partial charge in [0.25, 0.3) is 0 Å². The van der Waals surface area contributed by atoms with Crippen LogP contribution >= 0.6 is 0 Å². The maximum atomic E-state index is 12.0. The molecule has 108 valence electrons. The smallest absolute Gasteiger partial charge is 0.224 e. The van der Waals surface area contributed by atoms with E-state index in [1.165, 1.54) is 30.4 Å². The molecule has 1 rings (SSSR count). The SMILES string of the molecule is COC1=CC(=O)C=C(C/C=C(\C)CCC=C(C)C)C1=O. The molecule has 0 atom stereocenters. The van der Waals surface area contributed by atoms with Crippen LogP contribution in [0.4, 0.5) is 0 Å². The Hall–Kier alpha value is -1.90. The van der Waals surface area contributed by atoms with Crippen LogP contribution in [0.2, 0.25) is 0 Å². The summed E-state index contributed by atoms with van der Waals surface area (Å²) >= 11 is 0. The molecule has 20 heavy (non-hydrogen) atoms. The second-order valence-electron chi connectivity index (χ2n) is 5.19. The first-order chi connectivity index (χ1) is 9.43. The number of hydrogen-bond donors (Lipinski definition) is 0. The van der Waals surface area contributed by atoms with Gasteiger partial charge in [0, 0.05) is 11.6 Å². The summed E-state index contributed by atoms with van der Waals surface area (Å²) in [5, 5.41) is 0. The number of carbonyl (C=O) groups excluding carboxylic acids is 2. The van der Waals surface area contributed by atoms with Crippen LogP contribution in [0.15, 0.2) is 46.8 Å². The highest BCUT2D eigenvalue weighted by atomic mass is 16.5. The summed E-state index contributed by atoms with van der Waals surface area (Å²) in [5.74, 6) is -0.254. The quantitative estimate of drug-likeness (QED) is 0.548. The first-order valence-corrected chi connectivity index (χ1v) is 6.78. The van der Waals surface area contributed by atoms with Crippen LogP contribution in [0, 0.1) is 0 Å². The lowest BCUT2D eigenvalue weighted by Crippen LogP contribution is -2.15. The number of methoxy groups -OCH3 is 1. The van der Waals surface area contributed by atoms with E-state index in [1.54, 1.807) is 0 Å². The molecule has 0 bridgehead atoms. The maximum Gasteiger partial charge on any atom is 0.224 e. The Morgan fingerprint density at radius 2 is 1.85 bits per heavy atom. The predicted molar refractivity (Wildman–Crippen MR) is 80.2 cm³/mol. The lowest BCUT2D eigenvalue weighted by Gasteiger charge is -2.11. The summed E-state index contributed by atoms with van der Waals surface area (Å²) < 4.78 is 4.92. The molecule has 0 fully saturated rings. The van der Waals surface area contributed by atoms with Gasteiger partial charge in [-0.05, 0) is 46.1 Å². The third-order valence-corrected chi connectivity index (χ3v) is 3.09. The minimum absolute atomic E-state index is 0.128. The monoisotopic (exact) mass is 274 g/mol.